The molecule has 0 bridgehead atoms. The van der Waals surface area contributed by atoms with Crippen LogP contribution in [0.15, 0.2) is 42.5 Å². The molecule has 0 aliphatic carbocycles. The molecule has 0 aromatic heterocycles. The van der Waals surface area contributed by atoms with E-state index in [0.29, 0.717) is 27.6 Å². The van der Waals surface area contributed by atoms with E-state index in [1.165, 1.54) is 7.11 Å². The molecule has 0 saturated heterocycles. The predicted molar refractivity (Wildman–Crippen MR) is 87.3 cm³/mol. The Morgan fingerprint density at radius 2 is 1.96 bits per heavy atom. The summed E-state index contributed by atoms with van der Waals surface area (Å²) in [4.78, 5) is 23.2. The minimum atomic E-state index is -0.851. The molecule has 124 valence electrons. The molecule has 1 heterocycles. The first-order valence-electron chi connectivity index (χ1n) is 7.27. The highest BCUT2D eigenvalue weighted by Crippen LogP contribution is 2.47. The molecule has 2 aromatic rings. The Morgan fingerprint density at radius 3 is 2.67 bits per heavy atom. The summed E-state index contributed by atoms with van der Waals surface area (Å²) in [7, 11) is 1.26. The first-order valence-corrected chi connectivity index (χ1v) is 7.65. The number of carbonyl (C=O) groups is 1. The van der Waals surface area contributed by atoms with Crippen LogP contribution in [0.3, 0.4) is 0 Å². The van der Waals surface area contributed by atoms with Crippen molar-refractivity contribution in [2.45, 2.75) is 11.8 Å². The molecule has 0 amide bonds. The maximum atomic E-state index is 12.4. The molecule has 2 aromatic carbocycles. The van der Waals surface area contributed by atoms with Gasteiger partial charge in [0.05, 0.1) is 18.9 Å². The zero-order chi connectivity index (χ0) is 17.3. The lowest BCUT2D eigenvalue weighted by Crippen LogP contribution is -2.26. The molecule has 0 saturated carbocycles. The van der Waals surface area contributed by atoms with Crippen LogP contribution in [-0.4, -0.2) is 24.5 Å². The highest BCUT2D eigenvalue weighted by Gasteiger charge is 2.41. The molecule has 0 N–H and O–H groups in total. The van der Waals surface area contributed by atoms with Crippen LogP contribution in [0.25, 0.3) is 0 Å². The van der Waals surface area contributed by atoms with Crippen molar-refractivity contribution in [3.63, 3.8) is 0 Å². The summed E-state index contributed by atoms with van der Waals surface area (Å²) in [5, 5.41) is 11.6. The number of esters is 1. The summed E-state index contributed by atoms with van der Waals surface area (Å²) < 4.78 is 10.8. The monoisotopic (exact) mass is 347 g/mol. The normalized spacial score (nSPS) is 18.6. The summed E-state index contributed by atoms with van der Waals surface area (Å²) in [6.45, 7) is -0.440. The minimum absolute atomic E-state index is 0.417. The van der Waals surface area contributed by atoms with Gasteiger partial charge in [-0.25, -0.2) is 0 Å². The Bertz CT molecular complexity index is 807. The lowest BCUT2D eigenvalue weighted by atomic mass is 9.81. The molecule has 3 rings (SSSR count). The van der Waals surface area contributed by atoms with Gasteiger partial charge in [0.1, 0.15) is 11.5 Å². The number of nitro groups is 1. The highest BCUT2D eigenvalue weighted by atomic mass is 35.5. The first-order chi connectivity index (χ1) is 11.5. The van der Waals surface area contributed by atoms with Crippen molar-refractivity contribution in [1.29, 1.82) is 0 Å². The van der Waals surface area contributed by atoms with Crippen molar-refractivity contribution in [2.75, 3.05) is 13.7 Å². The SMILES string of the molecule is COC(=O)[C@@H]1c2ccccc2Oc2ccc(Cl)cc2[C@H]1C[N+](=O)[O-]. The van der Waals surface area contributed by atoms with E-state index in [4.69, 9.17) is 21.1 Å². The van der Waals surface area contributed by atoms with E-state index in [-0.39, 0.29) is 0 Å². The Hall–Kier alpha value is -2.60. The summed E-state index contributed by atoms with van der Waals surface area (Å²) >= 11 is 6.06. The van der Waals surface area contributed by atoms with E-state index in [1.807, 2.05) is 0 Å². The van der Waals surface area contributed by atoms with Crippen LogP contribution in [0.5, 0.6) is 11.5 Å². The molecular weight excluding hydrogens is 334 g/mol. The summed E-state index contributed by atoms with van der Waals surface area (Å²) in [5.41, 5.74) is 1.08. The third kappa shape index (κ3) is 2.92. The van der Waals surface area contributed by atoms with Crippen molar-refractivity contribution >= 4 is 17.6 Å². The standard InChI is InChI=1S/C17H14ClNO5/c1-23-17(20)16-11-4-2-3-5-14(11)24-15-7-6-10(18)8-12(15)13(16)9-19(21)22/h2-8,13,16H,9H2,1H3/t13-,16-/m1/s1. The van der Waals surface area contributed by atoms with Crippen molar-refractivity contribution < 1.29 is 19.2 Å². The zero-order valence-electron chi connectivity index (χ0n) is 12.8. The highest BCUT2D eigenvalue weighted by molar-refractivity contribution is 6.30. The Balaban J connectivity index is 2.26. The number of hydrogen-bond donors (Lipinski definition) is 0. The van der Waals surface area contributed by atoms with Crippen LogP contribution in [0, 0.1) is 10.1 Å². The van der Waals surface area contributed by atoms with Crippen molar-refractivity contribution in [1.82, 2.24) is 0 Å². The van der Waals surface area contributed by atoms with E-state index < -0.39 is 29.3 Å². The average molecular weight is 348 g/mol. The third-order valence-electron chi connectivity index (χ3n) is 4.05. The molecule has 1 aliphatic rings. The number of para-hydroxylation sites is 1. The molecule has 0 spiro atoms. The van der Waals surface area contributed by atoms with Crippen LogP contribution in [-0.2, 0) is 9.53 Å². The summed E-state index contributed by atoms with van der Waals surface area (Å²) in [5.74, 6) is -1.22. The molecule has 6 nitrogen and oxygen atoms in total. The second-order valence-electron chi connectivity index (χ2n) is 5.44. The van der Waals surface area contributed by atoms with Gasteiger partial charge in [-0.2, -0.15) is 0 Å². The van der Waals surface area contributed by atoms with Gasteiger partial charge in [0.15, 0.2) is 0 Å². The quantitative estimate of drug-likeness (QED) is 0.480. The number of rotatable bonds is 3. The molecule has 0 unspecified atom stereocenters. The number of ether oxygens (including phenoxy) is 2. The lowest BCUT2D eigenvalue weighted by Gasteiger charge is -2.21. The number of methoxy groups -OCH3 is 1. The first kappa shape index (κ1) is 16.3. The third-order valence-corrected chi connectivity index (χ3v) is 4.28. The van der Waals surface area contributed by atoms with Crippen LogP contribution in [0.1, 0.15) is 23.0 Å². The Kier molecular flexibility index (Phi) is 4.40. The topological polar surface area (TPSA) is 78.7 Å². The Labute approximate surface area is 143 Å². The van der Waals surface area contributed by atoms with Crippen LogP contribution in [0.4, 0.5) is 0 Å². The summed E-state index contributed by atoms with van der Waals surface area (Å²) in [6.07, 6.45) is 0. The average Bonchev–Trinajstić information content (AvgIpc) is 2.68. The minimum Gasteiger partial charge on any atom is -0.469 e. The van der Waals surface area contributed by atoms with Gasteiger partial charge < -0.3 is 9.47 Å². The number of nitrogens with zero attached hydrogens (tertiary/aromatic N) is 1. The molecular formula is C17H14ClNO5. The fourth-order valence-corrected chi connectivity index (χ4v) is 3.21. The lowest BCUT2D eigenvalue weighted by molar-refractivity contribution is -0.483. The van der Waals surface area contributed by atoms with Gasteiger partial charge in [0.25, 0.3) is 0 Å². The van der Waals surface area contributed by atoms with Gasteiger partial charge in [0.2, 0.25) is 6.54 Å². The number of benzene rings is 2. The maximum absolute atomic E-state index is 12.4. The molecule has 2 atom stereocenters. The second-order valence-corrected chi connectivity index (χ2v) is 5.88. The van der Waals surface area contributed by atoms with Crippen molar-refractivity contribution in [3.8, 4) is 11.5 Å². The number of halogens is 1. The fourth-order valence-electron chi connectivity index (χ4n) is 3.03. The molecule has 0 fully saturated rings. The van der Waals surface area contributed by atoms with E-state index >= 15 is 0 Å². The number of fused-ring (bicyclic) bond motifs is 2. The molecule has 7 heteroatoms. The molecule has 0 radical (unpaired) electrons. The fraction of sp³-hybridized carbons (Fsp3) is 0.235. The predicted octanol–water partition coefficient (Wildman–Crippen LogP) is 3.76. The van der Waals surface area contributed by atoms with Crippen LogP contribution in [0.2, 0.25) is 5.02 Å². The van der Waals surface area contributed by atoms with E-state index in [9.17, 15) is 14.9 Å². The van der Waals surface area contributed by atoms with Gasteiger partial charge in [-0.05, 0) is 24.3 Å². The van der Waals surface area contributed by atoms with Gasteiger partial charge in [0, 0.05) is 21.1 Å². The smallest absolute Gasteiger partial charge is 0.314 e. The number of hydrogen-bond acceptors (Lipinski definition) is 5. The maximum Gasteiger partial charge on any atom is 0.314 e. The largest absolute Gasteiger partial charge is 0.469 e. The molecule has 1 aliphatic heterocycles. The molecule has 24 heavy (non-hydrogen) atoms. The van der Waals surface area contributed by atoms with E-state index in [0.717, 1.165) is 0 Å². The van der Waals surface area contributed by atoms with Crippen LogP contribution >= 0.6 is 11.6 Å². The second kappa shape index (κ2) is 6.49. The number of carbonyl (C=O) groups excluding carboxylic acids is 1. The van der Waals surface area contributed by atoms with Gasteiger partial charge in [-0.3, -0.25) is 14.9 Å². The van der Waals surface area contributed by atoms with E-state index in [1.54, 1.807) is 42.5 Å². The Morgan fingerprint density at radius 1 is 1.25 bits per heavy atom. The van der Waals surface area contributed by atoms with E-state index in [2.05, 4.69) is 0 Å². The van der Waals surface area contributed by atoms with Crippen LogP contribution < -0.4 is 4.74 Å². The zero-order valence-corrected chi connectivity index (χ0v) is 13.5. The summed E-state index contributed by atoms with van der Waals surface area (Å²) in [6, 6.07) is 11.9. The van der Waals surface area contributed by atoms with Crippen molar-refractivity contribution in [3.05, 3.63) is 68.7 Å². The van der Waals surface area contributed by atoms with Gasteiger partial charge >= 0.3 is 5.97 Å². The van der Waals surface area contributed by atoms with Gasteiger partial charge in [-0.15, -0.1) is 0 Å². The van der Waals surface area contributed by atoms with Crippen molar-refractivity contribution in [2.24, 2.45) is 0 Å². The van der Waals surface area contributed by atoms with Gasteiger partial charge in [-0.1, -0.05) is 29.8 Å².